The highest BCUT2D eigenvalue weighted by Gasteiger charge is 2.29. The predicted octanol–water partition coefficient (Wildman–Crippen LogP) is 3.51. The highest BCUT2D eigenvalue weighted by Crippen LogP contribution is 2.23. The Hall–Kier alpha value is -1.82. The van der Waals surface area contributed by atoms with E-state index in [-0.39, 0.29) is 5.92 Å². The zero-order valence-electron chi connectivity index (χ0n) is 15.6. The molecular weight excluding hydrogens is 346 g/mol. The summed E-state index contributed by atoms with van der Waals surface area (Å²) in [5, 5.41) is 4.01. The lowest BCUT2D eigenvalue weighted by molar-refractivity contribution is -0.136. The Kier molecular flexibility index (Phi) is 6.72. The number of piperidine rings is 1. The SMILES string of the molecule is COc1cccc(NC(=S)N2CCC(C(=O)N3CCCCCC3)CC2)c1. The number of nitrogens with zero attached hydrogens (tertiary/aromatic N) is 2. The van der Waals surface area contributed by atoms with E-state index in [1.54, 1.807) is 7.11 Å². The molecule has 0 aliphatic carbocycles. The van der Waals surface area contributed by atoms with Gasteiger partial charge in [0.1, 0.15) is 5.75 Å². The van der Waals surface area contributed by atoms with Crippen molar-refractivity contribution in [1.82, 2.24) is 9.80 Å². The molecule has 2 aliphatic rings. The molecule has 0 bridgehead atoms. The van der Waals surface area contributed by atoms with E-state index in [1.165, 1.54) is 12.8 Å². The quantitative estimate of drug-likeness (QED) is 0.819. The maximum Gasteiger partial charge on any atom is 0.225 e. The minimum absolute atomic E-state index is 0.156. The van der Waals surface area contributed by atoms with Crippen LogP contribution in [0.25, 0.3) is 0 Å². The Balaban J connectivity index is 1.49. The molecule has 2 aliphatic heterocycles. The van der Waals surface area contributed by atoms with E-state index in [2.05, 4.69) is 15.1 Å². The molecule has 142 valence electrons. The maximum absolute atomic E-state index is 12.8. The van der Waals surface area contributed by atoms with Crippen LogP contribution in [-0.2, 0) is 4.79 Å². The smallest absolute Gasteiger partial charge is 0.225 e. The van der Waals surface area contributed by atoms with Crippen LogP contribution in [0.2, 0.25) is 0 Å². The van der Waals surface area contributed by atoms with Gasteiger partial charge in [0.05, 0.1) is 7.11 Å². The first kappa shape index (κ1) is 19.0. The molecule has 1 amide bonds. The fourth-order valence-electron chi connectivity index (χ4n) is 3.78. The number of carbonyl (C=O) groups is 1. The Morgan fingerprint density at radius 3 is 2.42 bits per heavy atom. The number of hydrogen-bond acceptors (Lipinski definition) is 3. The van der Waals surface area contributed by atoms with Crippen LogP contribution in [0.5, 0.6) is 5.75 Å². The summed E-state index contributed by atoms with van der Waals surface area (Å²) in [7, 11) is 1.66. The van der Waals surface area contributed by atoms with Gasteiger partial charge in [-0.1, -0.05) is 18.9 Å². The Bertz CT molecular complexity index is 621. The molecule has 1 aromatic rings. The normalized spacial score (nSPS) is 19.0. The molecule has 5 nitrogen and oxygen atoms in total. The van der Waals surface area contributed by atoms with Crippen LogP contribution >= 0.6 is 12.2 Å². The van der Waals surface area contributed by atoms with Gasteiger partial charge < -0.3 is 19.9 Å². The fraction of sp³-hybridized carbons (Fsp3) is 0.600. The summed E-state index contributed by atoms with van der Waals surface area (Å²) in [4.78, 5) is 17.1. The molecule has 2 heterocycles. The molecule has 6 heteroatoms. The number of amides is 1. The Labute approximate surface area is 161 Å². The van der Waals surface area contributed by atoms with E-state index in [0.717, 1.165) is 68.4 Å². The minimum atomic E-state index is 0.156. The van der Waals surface area contributed by atoms with E-state index in [0.29, 0.717) is 5.91 Å². The van der Waals surface area contributed by atoms with E-state index in [9.17, 15) is 4.79 Å². The van der Waals surface area contributed by atoms with Crippen LogP contribution in [0.15, 0.2) is 24.3 Å². The van der Waals surface area contributed by atoms with Crippen molar-refractivity contribution in [3.63, 3.8) is 0 Å². The second-order valence-electron chi connectivity index (χ2n) is 7.16. The second-order valence-corrected chi connectivity index (χ2v) is 7.55. The molecule has 0 spiro atoms. The van der Waals surface area contributed by atoms with Gasteiger partial charge >= 0.3 is 0 Å². The molecule has 2 saturated heterocycles. The van der Waals surface area contributed by atoms with E-state index >= 15 is 0 Å². The molecule has 3 rings (SSSR count). The predicted molar refractivity (Wildman–Crippen MR) is 109 cm³/mol. The van der Waals surface area contributed by atoms with Gasteiger partial charge in [0.15, 0.2) is 5.11 Å². The molecule has 0 unspecified atom stereocenters. The number of carbonyl (C=O) groups excluding carboxylic acids is 1. The first-order valence-corrected chi connectivity index (χ1v) is 10.1. The van der Waals surface area contributed by atoms with Crippen molar-refractivity contribution >= 4 is 28.9 Å². The van der Waals surface area contributed by atoms with Crippen LogP contribution < -0.4 is 10.1 Å². The van der Waals surface area contributed by atoms with E-state index < -0.39 is 0 Å². The van der Waals surface area contributed by atoms with Crippen molar-refractivity contribution < 1.29 is 9.53 Å². The fourth-order valence-corrected chi connectivity index (χ4v) is 4.08. The van der Waals surface area contributed by atoms with Crippen molar-refractivity contribution in [2.24, 2.45) is 5.92 Å². The zero-order chi connectivity index (χ0) is 18.4. The highest BCUT2D eigenvalue weighted by atomic mass is 32.1. The summed E-state index contributed by atoms with van der Waals surface area (Å²) >= 11 is 5.56. The molecule has 0 radical (unpaired) electrons. The summed E-state index contributed by atoms with van der Waals surface area (Å²) < 4.78 is 5.25. The van der Waals surface area contributed by atoms with Crippen molar-refractivity contribution in [3.05, 3.63) is 24.3 Å². The lowest BCUT2D eigenvalue weighted by Crippen LogP contribution is -2.45. The summed E-state index contributed by atoms with van der Waals surface area (Å²) in [5.41, 5.74) is 0.928. The lowest BCUT2D eigenvalue weighted by atomic mass is 9.95. The number of nitrogens with one attached hydrogen (secondary N) is 1. The zero-order valence-corrected chi connectivity index (χ0v) is 16.4. The summed E-state index contributed by atoms with van der Waals surface area (Å²) in [5.74, 6) is 1.32. The second kappa shape index (κ2) is 9.21. The molecule has 2 fully saturated rings. The van der Waals surface area contributed by atoms with Gasteiger partial charge in [-0.25, -0.2) is 0 Å². The molecule has 1 aromatic carbocycles. The summed E-state index contributed by atoms with van der Waals surface area (Å²) in [6, 6.07) is 7.76. The summed E-state index contributed by atoms with van der Waals surface area (Å²) in [6.45, 7) is 3.55. The van der Waals surface area contributed by atoms with Crippen molar-refractivity contribution in [3.8, 4) is 5.75 Å². The Morgan fingerprint density at radius 2 is 1.77 bits per heavy atom. The van der Waals surface area contributed by atoms with Gasteiger partial charge in [-0.15, -0.1) is 0 Å². The molecular formula is C20H29N3O2S. The highest BCUT2D eigenvalue weighted by molar-refractivity contribution is 7.80. The van der Waals surface area contributed by atoms with Gasteiger partial charge in [0.25, 0.3) is 0 Å². The third kappa shape index (κ3) is 4.87. The van der Waals surface area contributed by atoms with Crippen molar-refractivity contribution in [2.75, 3.05) is 38.6 Å². The monoisotopic (exact) mass is 375 g/mol. The number of methoxy groups -OCH3 is 1. The number of rotatable bonds is 3. The number of anilines is 1. The average molecular weight is 376 g/mol. The number of hydrogen-bond donors (Lipinski definition) is 1. The number of likely N-dealkylation sites (tertiary alicyclic amines) is 2. The standard InChI is InChI=1S/C20H29N3O2S/c1-25-18-8-6-7-17(15-18)21-20(26)23-13-9-16(10-14-23)19(24)22-11-4-2-3-5-12-22/h6-8,15-16H,2-5,9-14H2,1H3,(H,21,26). The molecule has 1 N–H and O–H groups in total. The topological polar surface area (TPSA) is 44.8 Å². The van der Waals surface area contributed by atoms with Crippen molar-refractivity contribution in [1.29, 1.82) is 0 Å². The first-order chi connectivity index (χ1) is 12.7. The van der Waals surface area contributed by atoms with Crippen molar-refractivity contribution in [2.45, 2.75) is 38.5 Å². The average Bonchev–Trinajstić information content (AvgIpc) is 2.97. The Morgan fingerprint density at radius 1 is 1.08 bits per heavy atom. The number of thiocarbonyl (C=S) groups is 1. The van der Waals surface area contributed by atoms with Crippen LogP contribution in [0, 0.1) is 5.92 Å². The molecule has 0 saturated carbocycles. The van der Waals surface area contributed by atoms with Crippen LogP contribution in [-0.4, -0.2) is 54.1 Å². The third-order valence-corrected chi connectivity index (χ3v) is 5.73. The molecule has 26 heavy (non-hydrogen) atoms. The molecule has 0 aromatic heterocycles. The van der Waals surface area contributed by atoms with Crippen LogP contribution in [0.1, 0.15) is 38.5 Å². The first-order valence-electron chi connectivity index (χ1n) is 9.66. The van der Waals surface area contributed by atoms with E-state index in [4.69, 9.17) is 17.0 Å². The summed E-state index contributed by atoms with van der Waals surface area (Å²) in [6.07, 6.45) is 6.58. The molecule has 0 atom stereocenters. The van der Waals surface area contributed by atoms with Gasteiger partial charge in [-0.3, -0.25) is 4.79 Å². The number of benzene rings is 1. The van der Waals surface area contributed by atoms with Gasteiger partial charge in [-0.2, -0.15) is 0 Å². The maximum atomic E-state index is 12.8. The third-order valence-electron chi connectivity index (χ3n) is 5.37. The number of ether oxygens (including phenoxy) is 1. The minimum Gasteiger partial charge on any atom is -0.497 e. The van der Waals surface area contributed by atoms with Gasteiger partial charge in [-0.05, 0) is 50.0 Å². The van der Waals surface area contributed by atoms with Gasteiger partial charge in [0.2, 0.25) is 5.91 Å². The lowest BCUT2D eigenvalue weighted by Gasteiger charge is -2.35. The van der Waals surface area contributed by atoms with Gasteiger partial charge in [0, 0.05) is 43.9 Å². The largest absolute Gasteiger partial charge is 0.497 e. The van der Waals surface area contributed by atoms with Crippen LogP contribution in [0.4, 0.5) is 5.69 Å². The van der Waals surface area contributed by atoms with Crippen LogP contribution in [0.3, 0.4) is 0 Å². The van der Waals surface area contributed by atoms with E-state index in [1.807, 2.05) is 24.3 Å².